The van der Waals surface area contributed by atoms with Crippen LogP contribution in [-0.2, 0) is 9.53 Å². The minimum absolute atomic E-state index is 0.0529. The first-order valence-corrected chi connectivity index (χ1v) is 8.46. The number of hydrogen-bond acceptors (Lipinski definition) is 5. The smallest absolute Gasteiger partial charge is 0.334 e. The molecule has 2 aromatic rings. The number of benzene rings is 1. The fourth-order valence-electron chi connectivity index (χ4n) is 3.05. The number of carboxylic acid groups (broad SMARTS) is 1. The summed E-state index contributed by atoms with van der Waals surface area (Å²) in [6.45, 7) is 1.93. The number of ether oxygens (including phenoxy) is 1. The van der Waals surface area contributed by atoms with Gasteiger partial charge in [-0.2, -0.15) is 0 Å². The standard InChI is InChI=1S/C19H20N2O6/c1-12-10-21(11-16(27-12)19(24)25)17(22)13-6-3-4-7-14(13)20(2)18(23)15-8-5-9-26-15/h3-9,12,16H,10-11H2,1-2H3,(H,24,25)/t12-,16?/m1/s1. The van der Waals surface area contributed by atoms with Crippen LogP contribution >= 0.6 is 0 Å². The van der Waals surface area contributed by atoms with Crippen LogP contribution in [0.1, 0.15) is 27.8 Å². The van der Waals surface area contributed by atoms with Crippen molar-refractivity contribution in [1.29, 1.82) is 0 Å². The van der Waals surface area contributed by atoms with Crippen LogP contribution in [0.2, 0.25) is 0 Å². The number of amides is 2. The second-order valence-corrected chi connectivity index (χ2v) is 6.34. The molecule has 0 radical (unpaired) electrons. The summed E-state index contributed by atoms with van der Waals surface area (Å²) < 4.78 is 10.5. The topological polar surface area (TPSA) is 100 Å². The van der Waals surface area contributed by atoms with Crippen molar-refractivity contribution in [1.82, 2.24) is 4.90 Å². The van der Waals surface area contributed by atoms with E-state index in [1.165, 1.54) is 16.1 Å². The van der Waals surface area contributed by atoms with Gasteiger partial charge >= 0.3 is 5.97 Å². The number of rotatable bonds is 4. The highest BCUT2D eigenvalue weighted by molar-refractivity contribution is 6.09. The second kappa shape index (κ2) is 7.63. The lowest BCUT2D eigenvalue weighted by Gasteiger charge is -2.35. The Labute approximate surface area is 155 Å². The fourth-order valence-corrected chi connectivity index (χ4v) is 3.05. The van der Waals surface area contributed by atoms with E-state index in [1.54, 1.807) is 50.4 Å². The van der Waals surface area contributed by atoms with Crippen LogP contribution in [-0.4, -0.2) is 60.1 Å². The minimum atomic E-state index is -1.11. The van der Waals surface area contributed by atoms with E-state index in [-0.39, 0.29) is 30.7 Å². The lowest BCUT2D eigenvalue weighted by molar-refractivity contribution is -0.160. The lowest BCUT2D eigenvalue weighted by atomic mass is 10.1. The zero-order valence-corrected chi connectivity index (χ0v) is 15.0. The molecule has 1 N–H and O–H groups in total. The summed E-state index contributed by atoms with van der Waals surface area (Å²) in [5.74, 6) is -1.70. The van der Waals surface area contributed by atoms with E-state index in [0.29, 0.717) is 11.3 Å². The van der Waals surface area contributed by atoms with Crippen molar-refractivity contribution in [3.63, 3.8) is 0 Å². The van der Waals surface area contributed by atoms with Crippen molar-refractivity contribution in [2.75, 3.05) is 25.0 Å². The Bertz CT molecular complexity index is 848. The zero-order valence-electron chi connectivity index (χ0n) is 15.0. The van der Waals surface area contributed by atoms with Gasteiger partial charge in [0.25, 0.3) is 11.8 Å². The van der Waals surface area contributed by atoms with Crippen molar-refractivity contribution >= 4 is 23.5 Å². The Kier molecular flexibility index (Phi) is 5.27. The fraction of sp³-hybridized carbons (Fsp3) is 0.316. The number of carbonyl (C=O) groups is 3. The van der Waals surface area contributed by atoms with E-state index in [9.17, 15) is 19.5 Å². The second-order valence-electron chi connectivity index (χ2n) is 6.34. The van der Waals surface area contributed by atoms with Crippen molar-refractivity contribution in [2.45, 2.75) is 19.1 Å². The predicted molar refractivity (Wildman–Crippen MR) is 95.8 cm³/mol. The molecule has 1 aliphatic rings. The van der Waals surface area contributed by atoms with E-state index in [4.69, 9.17) is 9.15 Å². The van der Waals surface area contributed by atoms with Crippen molar-refractivity contribution in [2.24, 2.45) is 0 Å². The number of morpholine rings is 1. The van der Waals surface area contributed by atoms with Gasteiger partial charge < -0.3 is 24.1 Å². The number of carboxylic acids is 1. The number of hydrogen-bond donors (Lipinski definition) is 1. The maximum absolute atomic E-state index is 13.1. The first-order valence-electron chi connectivity index (χ1n) is 8.46. The van der Waals surface area contributed by atoms with E-state index in [2.05, 4.69) is 0 Å². The van der Waals surface area contributed by atoms with Gasteiger partial charge in [-0.25, -0.2) is 4.79 Å². The summed E-state index contributed by atoms with van der Waals surface area (Å²) in [6, 6.07) is 9.84. The first kappa shape index (κ1) is 18.7. The summed E-state index contributed by atoms with van der Waals surface area (Å²) in [5.41, 5.74) is 0.716. The Morgan fingerprint density at radius 1 is 1.15 bits per heavy atom. The molecule has 3 rings (SSSR count). The molecule has 1 aromatic heterocycles. The van der Waals surface area contributed by atoms with Gasteiger partial charge in [0.1, 0.15) is 0 Å². The van der Waals surface area contributed by atoms with Gasteiger partial charge in [-0.05, 0) is 31.2 Å². The Balaban J connectivity index is 1.88. The average molecular weight is 372 g/mol. The Morgan fingerprint density at radius 3 is 2.56 bits per heavy atom. The van der Waals surface area contributed by atoms with Crippen molar-refractivity contribution in [3.8, 4) is 0 Å². The molecule has 2 amide bonds. The maximum Gasteiger partial charge on any atom is 0.334 e. The first-order chi connectivity index (χ1) is 12.9. The van der Waals surface area contributed by atoms with Crippen LogP contribution in [0.3, 0.4) is 0 Å². The highest BCUT2D eigenvalue weighted by atomic mass is 16.5. The van der Waals surface area contributed by atoms with Gasteiger partial charge in [-0.15, -0.1) is 0 Å². The van der Waals surface area contributed by atoms with E-state index >= 15 is 0 Å². The van der Waals surface area contributed by atoms with Crippen LogP contribution in [0.5, 0.6) is 0 Å². The molecular formula is C19H20N2O6. The maximum atomic E-state index is 13.1. The number of aliphatic carboxylic acids is 1. The molecular weight excluding hydrogens is 352 g/mol. The third-order valence-electron chi connectivity index (χ3n) is 4.36. The molecule has 8 nitrogen and oxygen atoms in total. The molecule has 1 aromatic carbocycles. The van der Waals surface area contributed by atoms with Gasteiger partial charge in [-0.3, -0.25) is 9.59 Å². The Morgan fingerprint density at radius 2 is 1.89 bits per heavy atom. The van der Waals surface area contributed by atoms with Crippen LogP contribution in [0.4, 0.5) is 5.69 Å². The van der Waals surface area contributed by atoms with Crippen molar-refractivity contribution < 1.29 is 28.6 Å². The molecule has 0 bridgehead atoms. The quantitative estimate of drug-likeness (QED) is 0.879. The van der Waals surface area contributed by atoms with Gasteiger partial charge in [0.15, 0.2) is 11.9 Å². The van der Waals surface area contributed by atoms with Gasteiger partial charge in [-0.1, -0.05) is 12.1 Å². The van der Waals surface area contributed by atoms with Crippen molar-refractivity contribution in [3.05, 3.63) is 54.0 Å². The highest BCUT2D eigenvalue weighted by Crippen LogP contribution is 2.24. The third-order valence-corrected chi connectivity index (χ3v) is 4.36. The monoisotopic (exact) mass is 372 g/mol. The molecule has 0 saturated carbocycles. The van der Waals surface area contributed by atoms with Gasteiger partial charge in [0, 0.05) is 13.6 Å². The number of furan rings is 1. The summed E-state index contributed by atoms with van der Waals surface area (Å²) in [7, 11) is 1.55. The summed E-state index contributed by atoms with van der Waals surface area (Å²) in [6.07, 6.45) is -0.0787. The van der Waals surface area contributed by atoms with Crippen LogP contribution in [0, 0.1) is 0 Å². The van der Waals surface area contributed by atoms with Crippen LogP contribution in [0.25, 0.3) is 0 Å². The van der Waals surface area contributed by atoms with Gasteiger partial charge in [0.2, 0.25) is 0 Å². The number of nitrogens with zero attached hydrogens (tertiary/aromatic N) is 2. The molecule has 8 heteroatoms. The Hall–Kier alpha value is -3.13. The molecule has 1 aliphatic heterocycles. The summed E-state index contributed by atoms with van der Waals surface area (Å²) in [5, 5.41) is 9.22. The largest absolute Gasteiger partial charge is 0.479 e. The molecule has 2 heterocycles. The molecule has 0 spiro atoms. The molecule has 1 fully saturated rings. The predicted octanol–water partition coefficient (Wildman–Crippen LogP) is 1.87. The summed E-state index contributed by atoms with van der Waals surface area (Å²) in [4.78, 5) is 39.7. The minimum Gasteiger partial charge on any atom is -0.479 e. The van der Waals surface area contributed by atoms with Gasteiger partial charge in [0.05, 0.1) is 30.2 Å². The molecule has 1 unspecified atom stereocenters. The number of carbonyl (C=O) groups excluding carboxylic acids is 2. The number of anilines is 1. The zero-order chi connectivity index (χ0) is 19.6. The van der Waals surface area contributed by atoms with E-state index in [1.807, 2.05) is 0 Å². The normalized spacial score (nSPS) is 19.6. The van der Waals surface area contributed by atoms with Crippen LogP contribution < -0.4 is 4.90 Å². The molecule has 142 valence electrons. The molecule has 27 heavy (non-hydrogen) atoms. The molecule has 0 aliphatic carbocycles. The molecule has 1 saturated heterocycles. The third kappa shape index (κ3) is 3.85. The number of para-hydroxylation sites is 1. The SMILES string of the molecule is C[C@@H]1CN(C(=O)c2ccccc2N(C)C(=O)c2ccco2)CC(C(=O)O)O1. The highest BCUT2D eigenvalue weighted by Gasteiger charge is 2.34. The molecule has 2 atom stereocenters. The van der Waals surface area contributed by atoms with E-state index in [0.717, 1.165) is 0 Å². The van der Waals surface area contributed by atoms with E-state index < -0.39 is 18.2 Å². The summed E-state index contributed by atoms with van der Waals surface area (Å²) >= 11 is 0. The average Bonchev–Trinajstić information content (AvgIpc) is 3.20. The van der Waals surface area contributed by atoms with Crippen LogP contribution in [0.15, 0.2) is 47.1 Å². The lowest BCUT2D eigenvalue weighted by Crippen LogP contribution is -2.52.